The molecule has 22 heavy (non-hydrogen) atoms. The van der Waals surface area contributed by atoms with Crippen molar-refractivity contribution in [1.82, 2.24) is 10.2 Å². The van der Waals surface area contributed by atoms with E-state index in [2.05, 4.69) is 29.4 Å². The number of nitrogens with zero attached hydrogens (tertiary/aromatic N) is 1. The number of hydrogen-bond acceptors (Lipinski definition) is 2. The zero-order valence-electron chi connectivity index (χ0n) is 13.4. The van der Waals surface area contributed by atoms with Crippen LogP contribution in [0.5, 0.6) is 0 Å². The molecular weight excluding hydrogens is 297 g/mol. The van der Waals surface area contributed by atoms with Gasteiger partial charge in [0.1, 0.15) is 5.82 Å². The van der Waals surface area contributed by atoms with Crippen molar-refractivity contribution in [3.8, 4) is 0 Å². The van der Waals surface area contributed by atoms with Gasteiger partial charge in [0.15, 0.2) is 5.11 Å². The molecule has 3 nitrogen and oxygen atoms in total. The van der Waals surface area contributed by atoms with E-state index in [1.807, 2.05) is 0 Å². The van der Waals surface area contributed by atoms with Crippen LogP contribution in [0, 0.1) is 17.7 Å². The maximum atomic E-state index is 13.1. The molecule has 5 heteroatoms. The molecule has 0 amide bonds. The third kappa shape index (κ3) is 5.89. The number of anilines is 1. The average Bonchev–Trinajstić information content (AvgIpc) is 2.42. The molecule has 2 N–H and O–H groups in total. The number of halogens is 1. The molecule has 1 aromatic carbocycles. The minimum absolute atomic E-state index is 0.263. The van der Waals surface area contributed by atoms with Gasteiger partial charge in [-0.05, 0) is 61.6 Å². The minimum Gasteiger partial charge on any atom is -0.362 e. The fourth-order valence-corrected chi connectivity index (χ4v) is 3.44. The van der Waals surface area contributed by atoms with Crippen molar-refractivity contribution in [3.05, 3.63) is 30.1 Å². The zero-order chi connectivity index (χ0) is 15.9. The van der Waals surface area contributed by atoms with Crippen molar-refractivity contribution in [3.63, 3.8) is 0 Å². The van der Waals surface area contributed by atoms with Crippen molar-refractivity contribution in [2.24, 2.45) is 11.8 Å². The fourth-order valence-electron chi connectivity index (χ4n) is 3.22. The van der Waals surface area contributed by atoms with E-state index in [1.54, 1.807) is 12.1 Å². The summed E-state index contributed by atoms with van der Waals surface area (Å²) in [6.07, 6.45) is 2.40. The van der Waals surface area contributed by atoms with Crippen LogP contribution in [-0.4, -0.2) is 36.2 Å². The smallest absolute Gasteiger partial charge is 0.170 e. The Morgan fingerprint density at radius 2 is 2.05 bits per heavy atom. The summed E-state index contributed by atoms with van der Waals surface area (Å²) in [7, 11) is 0. The molecule has 1 saturated heterocycles. The fraction of sp³-hybridized carbons (Fsp3) is 0.588. The molecule has 2 unspecified atom stereocenters. The van der Waals surface area contributed by atoms with Crippen LogP contribution in [0.2, 0.25) is 0 Å². The van der Waals surface area contributed by atoms with Crippen LogP contribution in [0.4, 0.5) is 10.1 Å². The molecule has 2 rings (SSSR count). The van der Waals surface area contributed by atoms with Crippen LogP contribution in [0.25, 0.3) is 0 Å². The van der Waals surface area contributed by atoms with E-state index in [1.165, 1.54) is 31.6 Å². The molecule has 1 heterocycles. The summed E-state index contributed by atoms with van der Waals surface area (Å²) < 4.78 is 13.1. The highest BCUT2D eigenvalue weighted by Crippen LogP contribution is 2.20. The van der Waals surface area contributed by atoms with Gasteiger partial charge in [0.05, 0.1) is 0 Å². The van der Waals surface area contributed by atoms with Crippen LogP contribution in [0.1, 0.15) is 26.7 Å². The van der Waals surface area contributed by atoms with E-state index in [-0.39, 0.29) is 5.82 Å². The Hall–Kier alpha value is -1.20. The number of hydrogen-bond donors (Lipinski definition) is 2. The molecule has 0 spiro atoms. The summed E-state index contributed by atoms with van der Waals surface area (Å²) in [4.78, 5) is 2.55. The number of likely N-dealkylation sites (tertiary alicyclic amines) is 1. The van der Waals surface area contributed by atoms with Gasteiger partial charge in [0, 0.05) is 25.3 Å². The molecule has 0 saturated carbocycles. The molecule has 1 aliphatic rings. The highest BCUT2D eigenvalue weighted by atomic mass is 32.1. The van der Waals surface area contributed by atoms with E-state index in [0.29, 0.717) is 10.8 Å². The number of benzene rings is 1. The Balaban J connectivity index is 1.63. The molecule has 0 aliphatic carbocycles. The maximum Gasteiger partial charge on any atom is 0.170 e. The normalized spacial score (nSPS) is 22.3. The van der Waals surface area contributed by atoms with Gasteiger partial charge in [0.25, 0.3) is 0 Å². The molecule has 0 bridgehead atoms. The van der Waals surface area contributed by atoms with Crippen LogP contribution < -0.4 is 10.6 Å². The summed E-state index contributed by atoms with van der Waals surface area (Å²) >= 11 is 5.23. The Kier molecular flexibility index (Phi) is 6.58. The Labute approximate surface area is 138 Å². The number of thiocarbonyl (C=S) groups is 1. The average molecular weight is 323 g/mol. The SMILES string of the molecule is CC1CC(C)CN(CCCNC(=S)Nc2cccc(F)c2)C1. The summed E-state index contributed by atoms with van der Waals surface area (Å²) in [5.41, 5.74) is 0.677. The van der Waals surface area contributed by atoms with Gasteiger partial charge >= 0.3 is 0 Å². The first kappa shape index (κ1) is 17.2. The second-order valence-electron chi connectivity index (χ2n) is 6.45. The Bertz CT molecular complexity index is 485. The van der Waals surface area contributed by atoms with Crippen LogP contribution in [0.15, 0.2) is 24.3 Å². The summed E-state index contributed by atoms with van der Waals surface area (Å²) in [5.74, 6) is 1.33. The molecular formula is C17H26FN3S. The van der Waals surface area contributed by atoms with Crippen LogP contribution in [0.3, 0.4) is 0 Å². The van der Waals surface area contributed by atoms with E-state index in [9.17, 15) is 4.39 Å². The molecule has 1 fully saturated rings. The highest BCUT2D eigenvalue weighted by molar-refractivity contribution is 7.80. The largest absolute Gasteiger partial charge is 0.362 e. The van der Waals surface area contributed by atoms with Gasteiger partial charge in [0.2, 0.25) is 0 Å². The quantitative estimate of drug-likeness (QED) is 0.641. The van der Waals surface area contributed by atoms with E-state index in [0.717, 1.165) is 31.3 Å². The van der Waals surface area contributed by atoms with Crippen molar-refractivity contribution in [2.45, 2.75) is 26.7 Å². The number of rotatable bonds is 5. The molecule has 2 atom stereocenters. The lowest BCUT2D eigenvalue weighted by molar-refractivity contribution is 0.140. The van der Waals surface area contributed by atoms with Crippen molar-refractivity contribution < 1.29 is 4.39 Å². The van der Waals surface area contributed by atoms with Crippen molar-refractivity contribution in [2.75, 3.05) is 31.5 Å². The second-order valence-corrected chi connectivity index (χ2v) is 6.86. The first-order valence-corrected chi connectivity index (χ1v) is 8.46. The van der Waals surface area contributed by atoms with Crippen LogP contribution >= 0.6 is 12.2 Å². The number of piperidine rings is 1. The van der Waals surface area contributed by atoms with Crippen molar-refractivity contribution in [1.29, 1.82) is 0 Å². The van der Waals surface area contributed by atoms with Gasteiger partial charge in [-0.1, -0.05) is 19.9 Å². The summed E-state index contributed by atoms with van der Waals surface area (Å²) in [5, 5.41) is 6.73. The van der Waals surface area contributed by atoms with E-state index in [4.69, 9.17) is 12.2 Å². The molecule has 0 radical (unpaired) electrons. The third-order valence-corrected chi connectivity index (χ3v) is 4.21. The topological polar surface area (TPSA) is 27.3 Å². The summed E-state index contributed by atoms with van der Waals surface area (Å²) in [6.45, 7) is 9.01. The predicted octanol–water partition coefficient (Wildman–Crippen LogP) is 3.48. The summed E-state index contributed by atoms with van der Waals surface area (Å²) in [6, 6.07) is 6.32. The predicted molar refractivity (Wildman–Crippen MR) is 94.6 cm³/mol. The van der Waals surface area contributed by atoms with Crippen LogP contribution in [-0.2, 0) is 0 Å². The standard InChI is InChI=1S/C17H26FN3S/c1-13-9-14(2)12-21(11-13)8-4-7-19-17(22)20-16-6-3-5-15(18)10-16/h3,5-6,10,13-14H,4,7-9,11-12H2,1-2H3,(H2,19,20,22). The minimum atomic E-state index is -0.263. The molecule has 1 aliphatic heterocycles. The molecule has 0 aromatic heterocycles. The lowest BCUT2D eigenvalue weighted by Crippen LogP contribution is -2.40. The van der Waals surface area contributed by atoms with Gasteiger partial charge < -0.3 is 15.5 Å². The maximum absolute atomic E-state index is 13.1. The first-order chi connectivity index (χ1) is 10.5. The molecule has 122 valence electrons. The van der Waals surface area contributed by atoms with Gasteiger partial charge in [-0.2, -0.15) is 0 Å². The third-order valence-electron chi connectivity index (χ3n) is 3.96. The van der Waals surface area contributed by atoms with Gasteiger partial charge in [-0.15, -0.1) is 0 Å². The zero-order valence-corrected chi connectivity index (χ0v) is 14.3. The first-order valence-electron chi connectivity index (χ1n) is 8.05. The monoisotopic (exact) mass is 323 g/mol. The number of nitrogens with one attached hydrogen (secondary N) is 2. The highest BCUT2D eigenvalue weighted by Gasteiger charge is 2.20. The Morgan fingerprint density at radius 1 is 1.32 bits per heavy atom. The van der Waals surface area contributed by atoms with Gasteiger partial charge in [-0.3, -0.25) is 0 Å². The lowest BCUT2D eigenvalue weighted by Gasteiger charge is -2.34. The Morgan fingerprint density at radius 3 is 2.73 bits per heavy atom. The lowest BCUT2D eigenvalue weighted by atomic mass is 9.92. The van der Waals surface area contributed by atoms with Crippen molar-refractivity contribution >= 4 is 23.0 Å². The van der Waals surface area contributed by atoms with E-state index >= 15 is 0 Å². The molecule has 1 aromatic rings. The second kappa shape index (κ2) is 8.44. The van der Waals surface area contributed by atoms with E-state index < -0.39 is 0 Å². The van der Waals surface area contributed by atoms with Gasteiger partial charge in [-0.25, -0.2) is 4.39 Å².